The average molecular weight is 396 g/mol. The maximum atomic E-state index is 13.6. The van der Waals surface area contributed by atoms with Gasteiger partial charge in [0.2, 0.25) is 5.91 Å². The number of para-hydroxylation sites is 1. The quantitative estimate of drug-likeness (QED) is 0.862. The van der Waals surface area contributed by atoms with Gasteiger partial charge < -0.3 is 5.32 Å². The first-order valence-corrected chi connectivity index (χ1v) is 9.71. The van der Waals surface area contributed by atoms with E-state index in [1.54, 1.807) is 30.9 Å². The van der Waals surface area contributed by atoms with Crippen LogP contribution in [0.25, 0.3) is 0 Å². The van der Waals surface area contributed by atoms with Crippen LogP contribution in [0.4, 0.5) is 15.8 Å². The number of thioether (sulfide) groups is 1. The van der Waals surface area contributed by atoms with Gasteiger partial charge in [-0.1, -0.05) is 30.0 Å². The molecule has 0 radical (unpaired) electrons. The zero-order valence-electron chi connectivity index (χ0n) is 15.3. The number of benzene rings is 2. The minimum absolute atomic E-state index is 0.0706. The number of carbonyl (C=O) groups excluding carboxylic acids is 2. The number of amidine groups is 2. The number of anilines is 1. The Bertz CT molecular complexity index is 1050. The van der Waals surface area contributed by atoms with Gasteiger partial charge in [0.15, 0.2) is 5.17 Å². The highest BCUT2D eigenvalue weighted by Crippen LogP contribution is 2.33. The molecule has 142 valence electrons. The maximum absolute atomic E-state index is 13.6. The molecule has 2 aliphatic heterocycles. The molecule has 2 aromatic carbocycles. The van der Waals surface area contributed by atoms with Crippen molar-refractivity contribution in [3.8, 4) is 0 Å². The maximum Gasteiger partial charge on any atom is 0.270 e. The molecule has 2 amide bonds. The second-order valence-corrected chi connectivity index (χ2v) is 7.47. The van der Waals surface area contributed by atoms with Crippen molar-refractivity contribution in [2.45, 2.75) is 19.9 Å². The molecule has 2 aromatic rings. The van der Waals surface area contributed by atoms with E-state index in [-0.39, 0.29) is 23.4 Å². The molecule has 0 bridgehead atoms. The molecule has 0 aromatic heterocycles. The summed E-state index contributed by atoms with van der Waals surface area (Å²) >= 11 is 1.21. The monoisotopic (exact) mass is 396 g/mol. The van der Waals surface area contributed by atoms with Crippen LogP contribution in [0.2, 0.25) is 0 Å². The van der Waals surface area contributed by atoms with E-state index in [0.29, 0.717) is 27.9 Å². The molecule has 0 saturated heterocycles. The summed E-state index contributed by atoms with van der Waals surface area (Å²) in [6, 6.07) is 11.5. The number of amides is 2. The topological polar surface area (TPSA) is 74.1 Å². The molecule has 1 unspecified atom stereocenters. The fourth-order valence-corrected chi connectivity index (χ4v) is 3.89. The minimum atomic E-state index is -0.469. The fourth-order valence-electron chi connectivity index (χ4n) is 3.01. The Balaban J connectivity index is 1.52. The Morgan fingerprint density at radius 2 is 2.04 bits per heavy atom. The van der Waals surface area contributed by atoms with Crippen LogP contribution in [0, 0.1) is 12.7 Å². The molecule has 0 spiro atoms. The first-order chi connectivity index (χ1) is 13.4. The third-order valence-corrected chi connectivity index (χ3v) is 5.50. The fraction of sp³-hybridized carbons (Fsp3) is 0.200. The van der Waals surface area contributed by atoms with Gasteiger partial charge in [0, 0.05) is 11.3 Å². The van der Waals surface area contributed by atoms with Gasteiger partial charge in [-0.15, -0.1) is 0 Å². The van der Waals surface area contributed by atoms with Crippen molar-refractivity contribution < 1.29 is 14.0 Å². The summed E-state index contributed by atoms with van der Waals surface area (Å²) in [5.74, 6) is -0.261. The number of aryl methyl sites for hydroxylation is 1. The predicted molar refractivity (Wildman–Crippen MR) is 109 cm³/mol. The Labute approximate surface area is 165 Å². The molecule has 0 aliphatic carbocycles. The number of nitrogens with one attached hydrogen (secondary N) is 1. The van der Waals surface area contributed by atoms with Crippen molar-refractivity contribution in [3.05, 3.63) is 59.4 Å². The van der Waals surface area contributed by atoms with Crippen LogP contribution in [0.15, 0.2) is 52.4 Å². The summed E-state index contributed by atoms with van der Waals surface area (Å²) in [7, 11) is 0. The zero-order valence-corrected chi connectivity index (χ0v) is 16.1. The number of rotatable bonds is 3. The minimum Gasteiger partial charge on any atom is -0.325 e. The van der Waals surface area contributed by atoms with Crippen LogP contribution in [0.1, 0.15) is 18.1 Å². The van der Waals surface area contributed by atoms with Crippen molar-refractivity contribution >= 4 is 46.0 Å². The van der Waals surface area contributed by atoms with Crippen LogP contribution >= 0.6 is 11.8 Å². The summed E-state index contributed by atoms with van der Waals surface area (Å²) in [5.41, 5.74) is 2.42. The van der Waals surface area contributed by atoms with E-state index in [2.05, 4.69) is 15.3 Å². The molecule has 6 nitrogen and oxygen atoms in total. The molecule has 0 fully saturated rings. The second-order valence-electron chi connectivity index (χ2n) is 6.53. The van der Waals surface area contributed by atoms with Gasteiger partial charge in [0.05, 0.1) is 11.4 Å². The summed E-state index contributed by atoms with van der Waals surface area (Å²) in [6.45, 7) is 3.42. The normalized spacial score (nSPS) is 17.6. The Kier molecular flexibility index (Phi) is 4.72. The standard InChI is InChI=1S/C20H17FN4O2S/c1-11-7-8-13(9-15(11)21)22-17(26)10-28-20-23-16-6-4-3-5-14(16)18-24-19(27)12(2)25(18)20/h3-9,12H,10H2,1-2H3,(H,22,26). The second kappa shape index (κ2) is 7.20. The van der Waals surface area contributed by atoms with Gasteiger partial charge in [0.1, 0.15) is 17.7 Å². The third-order valence-electron chi connectivity index (χ3n) is 4.54. The van der Waals surface area contributed by atoms with E-state index >= 15 is 0 Å². The highest BCUT2D eigenvalue weighted by Gasteiger charge is 2.39. The summed E-state index contributed by atoms with van der Waals surface area (Å²) < 4.78 is 13.6. The SMILES string of the molecule is Cc1ccc(NC(=O)CSC2=Nc3ccccc3C3=NC(=O)C(C)N23)cc1F. The number of carbonyl (C=O) groups is 2. The molecule has 8 heteroatoms. The molecule has 0 saturated carbocycles. The van der Waals surface area contributed by atoms with Gasteiger partial charge in [-0.3, -0.25) is 14.5 Å². The Hall–Kier alpha value is -3.00. The van der Waals surface area contributed by atoms with E-state index in [0.717, 1.165) is 5.56 Å². The highest BCUT2D eigenvalue weighted by molar-refractivity contribution is 8.14. The summed E-state index contributed by atoms with van der Waals surface area (Å²) in [6.07, 6.45) is 0. The molecule has 1 N–H and O–H groups in total. The largest absolute Gasteiger partial charge is 0.325 e. The molecular formula is C20H17FN4O2S. The van der Waals surface area contributed by atoms with Crippen LogP contribution in [0.3, 0.4) is 0 Å². The summed E-state index contributed by atoms with van der Waals surface area (Å²) in [5, 5.41) is 3.22. The number of halogens is 1. The van der Waals surface area contributed by atoms with Crippen molar-refractivity contribution in [2.24, 2.45) is 9.98 Å². The van der Waals surface area contributed by atoms with Crippen molar-refractivity contribution in [3.63, 3.8) is 0 Å². The number of aliphatic imine (C=N–C) groups is 2. The van der Waals surface area contributed by atoms with Crippen molar-refractivity contribution in [1.82, 2.24) is 4.90 Å². The van der Waals surface area contributed by atoms with Gasteiger partial charge in [-0.25, -0.2) is 9.38 Å². The molecule has 2 heterocycles. The van der Waals surface area contributed by atoms with E-state index < -0.39 is 6.04 Å². The smallest absolute Gasteiger partial charge is 0.270 e. The predicted octanol–water partition coefficient (Wildman–Crippen LogP) is 3.48. The Morgan fingerprint density at radius 3 is 2.82 bits per heavy atom. The first kappa shape index (κ1) is 18.4. The number of fused-ring (bicyclic) bond motifs is 3. The Morgan fingerprint density at radius 1 is 1.25 bits per heavy atom. The lowest BCUT2D eigenvalue weighted by Gasteiger charge is -2.29. The lowest BCUT2D eigenvalue weighted by Crippen LogP contribution is -2.42. The number of nitrogens with zero attached hydrogens (tertiary/aromatic N) is 3. The van der Waals surface area contributed by atoms with Crippen LogP contribution in [-0.2, 0) is 9.59 Å². The van der Waals surface area contributed by atoms with Gasteiger partial charge in [-0.2, -0.15) is 4.99 Å². The van der Waals surface area contributed by atoms with Gasteiger partial charge in [0.25, 0.3) is 5.91 Å². The first-order valence-electron chi connectivity index (χ1n) is 8.72. The number of hydrogen-bond donors (Lipinski definition) is 1. The van der Waals surface area contributed by atoms with Crippen molar-refractivity contribution in [1.29, 1.82) is 0 Å². The van der Waals surface area contributed by atoms with Crippen LogP contribution in [0.5, 0.6) is 0 Å². The lowest BCUT2D eigenvalue weighted by atomic mass is 10.1. The van der Waals surface area contributed by atoms with Crippen LogP contribution in [-0.4, -0.2) is 39.5 Å². The van der Waals surface area contributed by atoms with Crippen molar-refractivity contribution in [2.75, 3.05) is 11.1 Å². The molecular weight excluding hydrogens is 379 g/mol. The van der Waals surface area contributed by atoms with E-state index in [4.69, 9.17) is 0 Å². The van der Waals surface area contributed by atoms with Gasteiger partial charge >= 0.3 is 0 Å². The van der Waals surface area contributed by atoms with E-state index in [1.807, 2.05) is 24.3 Å². The average Bonchev–Trinajstić information content (AvgIpc) is 2.98. The third kappa shape index (κ3) is 3.31. The van der Waals surface area contributed by atoms with Crippen LogP contribution < -0.4 is 5.32 Å². The molecule has 1 atom stereocenters. The zero-order chi connectivity index (χ0) is 19.8. The highest BCUT2D eigenvalue weighted by atomic mass is 32.2. The lowest BCUT2D eigenvalue weighted by molar-refractivity contribution is -0.119. The van der Waals surface area contributed by atoms with E-state index in [9.17, 15) is 14.0 Å². The van der Waals surface area contributed by atoms with E-state index in [1.165, 1.54) is 17.8 Å². The molecule has 28 heavy (non-hydrogen) atoms. The van der Waals surface area contributed by atoms with Gasteiger partial charge in [-0.05, 0) is 43.7 Å². The number of hydrogen-bond acceptors (Lipinski definition) is 5. The molecule has 2 aliphatic rings. The molecule has 4 rings (SSSR count). The summed E-state index contributed by atoms with van der Waals surface area (Å²) in [4.78, 5) is 35.0.